The number of rotatable bonds is 7. The van der Waals surface area contributed by atoms with E-state index in [1.54, 1.807) is 0 Å². The Morgan fingerprint density at radius 1 is 1.50 bits per heavy atom. The zero-order valence-corrected chi connectivity index (χ0v) is 8.10. The molecule has 0 aliphatic heterocycles. The van der Waals surface area contributed by atoms with Gasteiger partial charge in [0.25, 0.3) is 0 Å². The van der Waals surface area contributed by atoms with Crippen LogP contribution in [0.25, 0.3) is 0 Å². The lowest BCUT2D eigenvalue weighted by atomic mass is 10.2. The van der Waals surface area contributed by atoms with Gasteiger partial charge >= 0.3 is 5.97 Å². The van der Waals surface area contributed by atoms with Gasteiger partial charge in [0.1, 0.15) is 6.61 Å². The highest BCUT2D eigenvalue weighted by Gasteiger charge is 2.08. The van der Waals surface area contributed by atoms with E-state index >= 15 is 0 Å². The summed E-state index contributed by atoms with van der Waals surface area (Å²) < 4.78 is 9.90. The molecule has 0 fully saturated rings. The fourth-order valence-electron chi connectivity index (χ4n) is 0.763. The summed E-state index contributed by atoms with van der Waals surface area (Å²) in [5, 5.41) is 8.61. The van der Waals surface area contributed by atoms with Crippen LogP contribution >= 0.6 is 0 Å². The summed E-state index contributed by atoms with van der Waals surface area (Å²) in [5.41, 5.74) is 0.199. The minimum absolute atomic E-state index is 0.199. The summed E-state index contributed by atoms with van der Waals surface area (Å²) in [5.74, 6) is -0.985. The topological polar surface area (TPSA) is 55.8 Å². The van der Waals surface area contributed by atoms with Crippen molar-refractivity contribution in [3.05, 3.63) is 37.3 Å². The molecule has 1 atom stereocenters. The highest BCUT2D eigenvalue weighted by Crippen LogP contribution is 2.02. The maximum atomic E-state index is 10.5. The number of hydrogen-bond donors (Lipinski definition) is 1. The molecule has 0 bridgehead atoms. The minimum Gasteiger partial charge on any atom is -0.498 e. The van der Waals surface area contributed by atoms with Crippen LogP contribution in [-0.4, -0.2) is 23.8 Å². The summed E-state index contributed by atoms with van der Waals surface area (Å²) in [7, 11) is 0. The minimum atomic E-state index is -0.985. The van der Waals surface area contributed by atoms with Gasteiger partial charge in [0.15, 0.2) is 6.10 Å². The number of carbonyl (C=O) groups is 1. The van der Waals surface area contributed by atoms with Crippen LogP contribution in [0.15, 0.2) is 37.3 Å². The SMILES string of the molecule is C=COCC(C=C(C)C(=O)O)OC=C. The van der Waals surface area contributed by atoms with Crippen molar-refractivity contribution in [3.63, 3.8) is 0 Å². The maximum Gasteiger partial charge on any atom is 0.331 e. The van der Waals surface area contributed by atoms with Crippen molar-refractivity contribution in [3.8, 4) is 0 Å². The quantitative estimate of drug-likeness (QED) is 0.499. The van der Waals surface area contributed by atoms with E-state index in [0.29, 0.717) is 0 Å². The van der Waals surface area contributed by atoms with Crippen LogP contribution in [0, 0.1) is 0 Å². The van der Waals surface area contributed by atoms with Crippen LogP contribution < -0.4 is 0 Å². The number of hydrogen-bond acceptors (Lipinski definition) is 3. The van der Waals surface area contributed by atoms with E-state index in [1.807, 2.05) is 0 Å². The average molecular weight is 198 g/mol. The first-order chi connectivity index (χ1) is 6.61. The van der Waals surface area contributed by atoms with E-state index in [9.17, 15) is 4.79 Å². The first-order valence-electron chi connectivity index (χ1n) is 4.02. The highest BCUT2D eigenvalue weighted by molar-refractivity contribution is 5.85. The van der Waals surface area contributed by atoms with E-state index < -0.39 is 12.1 Å². The second-order valence-corrected chi connectivity index (χ2v) is 2.50. The average Bonchev–Trinajstić information content (AvgIpc) is 2.14. The lowest BCUT2D eigenvalue weighted by molar-refractivity contribution is -0.132. The summed E-state index contributed by atoms with van der Waals surface area (Å²) in [6, 6.07) is 0. The fourth-order valence-corrected chi connectivity index (χ4v) is 0.763. The Kier molecular flexibility index (Phi) is 5.94. The van der Waals surface area contributed by atoms with Crippen LogP contribution in [0.3, 0.4) is 0 Å². The van der Waals surface area contributed by atoms with Crippen LogP contribution in [0.4, 0.5) is 0 Å². The van der Waals surface area contributed by atoms with Gasteiger partial charge in [-0.05, 0) is 13.0 Å². The predicted octanol–water partition coefficient (Wildman–Crippen LogP) is 1.71. The van der Waals surface area contributed by atoms with Crippen molar-refractivity contribution in [2.75, 3.05) is 6.61 Å². The van der Waals surface area contributed by atoms with Crippen molar-refractivity contribution in [2.24, 2.45) is 0 Å². The largest absolute Gasteiger partial charge is 0.498 e. The normalized spacial score (nSPS) is 12.8. The Bertz CT molecular complexity index is 243. The van der Waals surface area contributed by atoms with Crippen molar-refractivity contribution in [1.82, 2.24) is 0 Å². The molecule has 1 unspecified atom stereocenters. The van der Waals surface area contributed by atoms with Crippen LogP contribution in [-0.2, 0) is 14.3 Å². The van der Waals surface area contributed by atoms with Crippen LogP contribution in [0.1, 0.15) is 6.92 Å². The molecule has 0 saturated heterocycles. The molecule has 0 heterocycles. The van der Waals surface area contributed by atoms with E-state index in [0.717, 1.165) is 0 Å². The van der Waals surface area contributed by atoms with E-state index in [4.69, 9.17) is 14.6 Å². The zero-order chi connectivity index (χ0) is 11.0. The third kappa shape index (κ3) is 5.03. The number of aliphatic carboxylic acids is 1. The van der Waals surface area contributed by atoms with E-state index in [1.165, 1.54) is 25.5 Å². The van der Waals surface area contributed by atoms with Gasteiger partial charge in [-0.2, -0.15) is 0 Å². The Balaban J connectivity index is 4.32. The molecule has 14 heavy (non-hydrogen) atoms. The molecule has 0 aliphatic rings. The maximum absolute atomic E-state index is 10.5. The Morgan fingerprint density at radius 2 is 2.14 bits per heavy atom. The highest BCUT2D eigenvalue weighted by atomic mass is 16.5. The first kappa shape index (κ1) is 12.3. The smallest absolute Gasteiger partial charge is 0.331 e. The molecule has 0 aromatic heterocycles. The van der Waals surface area contributed by atoms with Crippen molar-refractivity contribution in [1.29, 1.82) is 0 Å². The van der Waals surface area contributed by atoms with Crippen molar-refractivity contribution in [2.45, 2.75) is 13.0 Å². The Hall–Kier alpha value is -1.71. The second kappa shape index (κ2) is 6.77. The number of carboxylic acids is 1. The molecule has 0 aromatic rings. The number of carboxylic acid groups (broad SMARTS) is 1. The lowest BCUT2D eigenvalue weighted by Gasteiger charge is -2.12. The van der Waals surface area contributed by atoms with E-state index in [-0.39, 0.29) is 12.2 Å². The van der Waals surface area contributed by atoms with Crippen LogP contribution in [0.2, 0.25) is 0 Å². The summed E-state index contributed by atoms with van der Waals surface area (Å²) >= 11 is 0. The summed E-state index contributed by atoms with van der Waals surface area (Å²) in [6.07, 6.45) is 3.50. The molecular weight excluding hydrogens is 184 g/mol. The van der Waals surface area contributed by atoms with Gasteiger partial charge in [0.2, 0.25) is 0 Å². The monoisotopic (exact) mass is 198 g/mol. The molecule has 4 nitrogen and oxygen atoms in total. The molecule has 0 aliphatic carbocycles. The molecule has 0 radical (unpaired) electrons. The zero-order valence-electron chi connectivity index (χ0n) is 8.10. The van der Waals surface area contributed by atoms with Gasteiger partial charge in [-0.15, -0.1) is 0 Å². The van der Waals surface area contributed by atoms with Gasteiger partial charge in [0, 0.05) is 5.57 Å². The molecule has 0 rings (SSSR count). The van der Waals surface area contributed by atoms with Crippen molar-refractivity contribution >= 4 is 5.97 Å². The van der Waals surface area contributed by atoms with Gasteiger partial charge in [0.05, 0.1) is 12.5 Å². The standard InChI is InChI=1S/C10H14O4/c1-4-13-7-9(14-5-2)6-8(3)10(11)12/h4-6,9H,1-2,7H2,3H3,(H,11,12). The summed E-state index contributed by atoms with van der Waals surface area (Å²) in [4.78, 5) is 10.5. The predicted molar refractivity (Wildman–Crippen MR) is 52.6 cm³/mol. The third-order valence-corrected chi connectivity index (χ3v) is 1.42. The molecular formula is C10H14O4. The summed E-state index contributed by atoms with van der Waals surface area (Å²) in [6.45, 7) is 8.44. The first-order valence-corrected chi connectivity index (χ1v) is 4.02. The van der Waals surface area contributed by atoms with Gasteiger partial charge in [-0.3, -0.25) is 0 Å². The van der Waals surface area contributed by atoms with Crippen LogP contribution in [0.5, 0.6) is 0 Å². The Morgan fingerprint density at radius 3 is 2.57 bits per heavy atom. The fraction of sp³-hybridized carbons (Fsp3) is 0.300. The molecule has 0 amide bonds. The van der Waals surface area contributed by atoms with Gasteiger partial charge in [-0.25, -0.2) is 4.79 Å². The molecule has 0 saturated carbocycles. The molecule has 1 N–H and O–H groups in total. The van der Waals surface area contributed by atoms with Gasteiger partial charge < -0.3 is 14.6 Å². The van der Waals surface area contributed by atoms with E-state index in [2.05, 4.69) is 13.2 Å². The third-order valence-electron chi connectivity index (χ3n) is 1.42. The number of ether oxygens (including phenoxy) is 2. The second-order valence-electron chi connectivity index (χ2n) is 2.50. The molecule has 0 spiro atoms. The lowest BCUT2D eigenvalue weighted by Crippen LogP contribution is -2.15. The molecule has 4 heteroatoms. The molecule has 0 aromatic carbocycles. The molecule has 78 valence electrons. The van der Waals surface area contributed by atoms with Gasteiger partial charge in [-0.1, -0.05) is 13.2 Å². The Labute approximate surface area is 83.1 Å². The van der Waals surface area contributed by atoms with Crippen molar-refractivity contribution < 1.29 is 19.4 Å².